The molecule has 0 unspecified atom stereocenters. The number of hydrogen-bond donors (Lipinski definition) is 0. The molecule has 0 aliphatic carbocycles. The van der Waals surface area contributed by atoms with Gasteiger partial charge in [-0.05, 0) is 56.6 Å². The van der Waals surface area contributed by atoms with E-state index in [1.54, 1.807) is 24.5 Å². The molecule has 0 atom stereocenters. The minimum Gasteiger partial charge on any atom is -0.259 e. The Balaban J connectivity index is 1.70. The van der Waals surface area contributed by atoms with E-state index in [0.717, 1.165) is 44.1 Å². The van der Waals surface area contributed by atoms with Crippen LogP contribution in [0, 0.1) is 17.9 Å². The molecule has 2 heterocycles. The summed E-state index contributed by atoms with van der Waals surface area (Å²) < 4.78 is 0. The second-order valence-corrected chi connectivity index (χ2v) is 7.70. The second kappa shape index (κ2) is 6.87. The zero-order valence-corrected chi connectivity index (χ0v) is 16.9. The van der Waals surface area contributed by atoms with Crippen molar-refractivity contribution in [1.29, 1.82) is 5.26 Å². The zero-order chi connectivity index (χ0) is 21.7. The highest BCUT2D eigenvalue weighted by Gasteiger charge is 2.15. The average Bonchev–Trinajstić information content (AvgIpc) is 2.87. The number of nitrogens with zero attached hydrogens (tertiary/aromatic N) is 4. The molecule has 6 aromatic rings. The van der Waals surface area contributed by atoms with E-state index < -0.39 is 0 Å². The number of benzene rings is 4. The molecule has 0 aliphatic rings. The van der Waals surface area contributed by atoms with Crippen LogP contribution in [0.15, 0.2) is 85.2 Å². The van der Waals surface area contributed by atoms with Crippen molar-refractivity contribution in [3.05, 3.63) is 102 Å². The molecule has 4 heteroatoms. The largest absolute Gasteiger partial charge is 0.259 e. The lowest BCUT2D eigenvalue weighted by Gasteiger charge is -2.16. The number of nitriles is 1. The van der Waals surface area contributed by atoms with Crippen molar-refractivity contribution < 1.29 is 0 Å². The molecule has 6 rings (SSSR count). The Hall–Kier alpha value is -4.80. The predicted molar refractivity (Wildman–Crippen MR) is 128 cm³/mol. The smallest absolute Gasteiger partial charge is 0.190 e. The van der Waals surface area contributed by atoms with Gasteiger partial charge in [0.05, 0.1) is 29.6 Å². The molecule has 0 spiro atoms. The van der Waals surface area contributed by atoms with Crippen molar-refractivity contribution in [2.24, 2.45) is 0 Å². The molecule has 2 aromatic heterocycles. The fraction of sp³-hybridized carbons (Fsp3) is 0. The summed E-state index contributed by atoms with van der Waals surface area (Å²) in [5.74, 6) is 0. The van der Waals surface area contributed by atoms with E-state index in [1.807, 2.05) is 12.1 Å². The SMILES string of the molecule is [C-]#[N+]c1ccnc(-c2ccc3ccc4c(-c5cc(C#N)ccn5)ccc5ccc2c3c54)c1. The lowest BCUT2D eigenvalue weighted by Crippen LogP contribution is -1.91. The lowest BCUT2D eigenvalue weighted by molar-refractivity contribution is 1.31. The molecule has 146 valence electrons. The monoisotopic (exact) mass is 406 g/mol. The average molecular weight is 406 g/mol. The molecular formula is C28H14N4. The van der Waals surface area contributed by atoms with Crippen molar-refractivity contribution in [1.82, 2.24) is 9.97 Å². The van der Waals surface area contributed by atoms with Crippen LogP contribution in [0.5, 0.6) is 0 Å². The molecule has 0 saturated heterocycles. The van der Waals surface area contributed by atoms with Crippen molar-refractivity contribution >= 4 is 38.0 Å². The first-order chi connectivity index (χ1) is 15.8. The Morgan fingerprint density at radius 3 is 1.84 bits per heavy atom. The number of hydrogen-bond acceptors (Lipinski definition) is 3. The van der Waals surface area contributed by atoms with E-state index in [-0.39, 0.29) is 0 Å². The maximum absolute atomic E-state index is 9.32. The van der Waals surface area contributed by atoms with E-state index in [9.17, 15) is 5.26 Å². The lowest BCUT2D eigenvalue weighted by atomic mass is 9.88. The number of pyridine rings is 2. The molecule has 4 aromatic carbocycles. The third kappa shape index (κ3) is 2.61. The Morgan fingerprint density at radius 1 is 0.688 bits per heavy atom. The molecule has 0 amide bonds. The molecule has 0 radical (unpaired) electrons. The highest BCUT2D eigenvalue weighted by atomic mass is 14.7. The maximum Gasteiger partial charge on any atom is 0.190 e. The summed E-state index contributed by atoms with van der Waals surface area (Å²) in [6.07, 6.45) is 3.37. The summed E-state index contributed by atoms with van der Waals surface area (Å²) in [6, 6.07) is 26.2. The second-order valence-electron chi connectivity index (χ2n) is 7.70. The van der Waals surface area contributed by atoms with Crippen LogP contribution in [0.2, 0.25) is 0 Å². The molecular weight excluding hydrogens is 392 g/mol. The van der Waals surface area contributed by atoms with Gasteiger partial charge in [0, 0.05) is 23.5 Å². The highest BCUT2D eigenvalue weighted by molar-refractivity contribution is 6.27. The topological polar surface area (TPSA) is 53.9 Å². The van der Waals surface area contributed by atoms with Crippen molar-refractivity contribution in [3.63, 3.8) is 0 Å². The van der Waals surface area contributed by atoms with E-state index in [0.29, 0.717) is 11.3 Å². The summed E-state index contributed by atoms with van der Waals surface area (Å²) >= 11 is 0. The predicted octanol–water partition coefficient (Wildman–Crippen LogP) is 7.13. The normalized spacial score (nSPS) is 11.1. The van der Waals surface area contributed by atoms with Crippen molar-refractivity contribution in [2.45, 2.75) is 0 Å². The first-order valence-corrected chi connectivity index (χ1v) is 10.2. The Bertz CT molecular complexity index is 1620. The molecule has 0 saturated carbocycles. The Kier molecular flexibility index (Phi) is 3.87. The van der Waals surface area contributed by atoms with Crippen LogP contribution in [-0.4, -0.2) is 9.97 Å². The van der Waals surface area contributed by atoms with Crippen LogP contribution < -0.4 is 0 Å². The number of rotatable bonds is 2. The van der Waals surface area contributed by atoms with E-state index >= 15 is 0 Å². The minimum atomic E-state index is 0.575. The van der Waals surface area contributed by atoms with Gasteiger partial charge >= 0.3 is 0 Å². The van der Waals surface area contributed by atoms with Crippen LogP contribution in [0.4, 0.5) is 5.69 Å². The third-order valence-corrected chi connectivity index (χ3v) is 5.98. The zero-order valence-electron chi connectivity index (χ0n) is 16.9. The van der Waals surface area contributed by atoms with Gasteiger partial charge in [-0.2, -0.15) is 5.26 Å². The van der Waals surface area contributed by atoms with Crippen LogP contribution in [0.3, 0.4) is 0 Å². The maximum atomic E-state index is 9.32. The Morgan fingerprint density at radius 2 is 1.25 bits per heavy atom. The van der Waals surface area contributed by atoms with Crippen LogP contribution in [0.1, 0.15) is 5.56 Å². The van der Waals surface area contributed by atoms with Gasteiger partial charge in [-0.25, -0.2) is 4.85 Å². The van der Waals surface area contributed by atoms with Gasteiger partial charge in [-0.3, -0.25) is 9.97 Å². The van der Waals surface area contributed by atoms with Gasteiger partial charge in [0.25, 0.3) is 0 Å². The summed E-state index contributed by atoms with van der Waals surface area (Å²) in [4.78, 5) is 12.6. The Labute approximate surface area is 184 Å². The van der Waals surface area contributed by atoms with Crippen LogP contribution in [-0.2, 0) is 0 Å². The molecule has 0 bridgehead atoms. The summed E-state index contributed by atoms with van der Waals surface area (Å²) in [7, 11) is 0. The van der Waals surface area contributed by atoms with Gasteiger partial charge in [0.1, 0.15) is 0 Å². The van der Waals surface area contributed by atoms with Gasteiger partial charge in [-0.15, -0.1) is 0 Å². The first kappa shape index (κ1) is 18.0. The van der Waals surface area contributed by atoms with E-state index in [2.05, 4.69) is 69.4 Å². The minimum absolute atomic E-state index is 0.575. The van der Waals surface area contributed by atoms with Gasteiger partial charge in [0.15, 0.2) is 5.69 Å². The fourth-order valence-electron chi connectivity index (χ4n) is 4.53. The first-order valence-electron chi connectivity index (χ1n) is 10.2. The molecule has 0 aliphatic heterocycles. The third-order valence-electron chi connectivity index (χ3n) is 5.98. The number of aromatic nitrogens is 2. The summed E-state index contributed by atoms with van der Waals surface area (Å²) in [5, 5.41) is 16.2. The van der Waals surface area contributed by atoms with Crippen LogP contribution in [0.25, 0.3) is 59.7 Å². The van der Waals surface area contributed by atoms with Gasteiger partial charge < -0.3 is 0 Å². The highest BCUT2D eigenvalue weighted by Crippen LogP contribution is 2.41. The standard InChI is InChI=1S/C28H14N4/c1-30-20-11-13-32-26(15-20)22-7-3-19-4-8-23-21(25-14-17(16-29)10-12-31-25)6-2-18-5-9-24(22)28(19)27(18)23/h2-15H. The van der Waals surface area contributed by atoms with E-state index in [4.69, 9.17) is 6.57 Å². The van der Waals surface area contributed by atoms with E-state index in [1.165, 1.54) is 10.8 Å². The van der Waals surface area contributed by atoms with Gasteiger partial charge in [0.2, 0.25) is 0 Å². The molecule has 0 fully saturated rings. The van der Waals surface area contributed by atoms with Crippen molar-refractivity contribution in [2.75, 3.05) is 0 Å². The van der Waals surface area contributed by atoms with Gasteiger partial charge in [-0.1, -0.05) is 48.5 Å². The summed E-state index contributed by atoms with van der Waals surface area (Å²) in [5.41, 5.74) is 4.75. The van der Waals surface area contributed by atoms with Crippen molar-refractivity contribution in [3.8, 4) is 28.6 Å². The summed E-state index contributed by atoms with van der Waals surface area (Å²) in [6.45, 7) is 7.34. The molecule has 32 heavy (non-hydrogen) atoms. The van der Waals surface area contributed by atoms with Crippen LogP contribution >= 0.6 is 0 Å². The quantitative estimate of drug-likeness (QED) is 0.227. The fourth-order valence-corrected chi connectivity index (χ4v) is 4.53. The molecule has 0 N–H and O–H groups in total. The molecule has 4 nitrogen and oxygen atoms in total.